The molecule has 2 saturated heterocycles. The third-order valence-electron chi connectivity index (χ3n) is 4.32. The minimum Gasteiger partial charge on any atom is -0.297 e. The molecule has 3 rings (SSSR count). The van der Waals surface area contributed by atoms with E-state index in [0.717, 1.165) is 23.9 Å². The van der Waals surface area contributed by atoms with E-state index >= 15 is 0 Å². The summed E-state index contributed by atoms with van der Waals surface area (Å²) in [6, 6.07) is 2.01. The first-order chi connectivity index (χ1) is 5.84. The predicted molar refractivity (Wildman–Crippen MR) is 50.0 cm³/mol. The van der Waals surface area contributed by atoms with Crippen LogP contribution in [0, 0.1) is 11.8 Å². The lowest BCUT2D eigenvalue weighted by molar-refractivity contribution is 0.231. The minimum atomic E-state index is 1.01. The third kappa shape index (κ3) is 0.891. The highest BCUT2D eigenvalue weighted by Crippen LogP contribution is 2.46. The number of nitrogens with zero attached hydrogens (tertiary/aromatic N) is 1. The van der Waals surface area contributed by atoms with Gasteiger partial charge in [0.15, 0.2) is 0 Å². The van der Waals surface area contributed by atoms with E-state index in [0.29, 0.717) is 0 Å². The molecule has 0 unspecified atom stereocenters. The van der Waals surface area contributed by atoms with Crippen molar-refractivity contribution in [3.8, 4) is 0 Å². The molecule has 1 aliphatic carbocycles. The highest BCUT2D eigenvalue weighted by Gasteiger charge is 2.46. The van der Waals surface area contributed by atoms with E-state index in [1.165, 1.54) is 38.6 Å². The van der Waals surface area contributed by atoms with Crippen molar-refractivity contribution >= 4 is 0 Å². The number of rotatable bonds is 0. The lowest BCUT2D eigenvalue weighted by Crippen LogP contribution is -2.31. The Hall–Kier alpha value is -0.0400. The summed E-state index contributed by atoms with van der Waals surface area (Å²) in [5, 5.41) is 0. The van der Waals surface area contributed by atoms with Crippen molar-refractivity contribution in [3.63, 3.8) is 0 Å². The highest BCUT2D eigenvalue weighted by atomic mass is 15.2. The van der Waals surface area contributed by atoms with Crippen molar-refractivity contribution in [1.29, 1.82) is 0 Å². The Balaban J connectivity index is 1.80. The fourth-order valence-corrected chi connectivity index (χ4v) is 3.93. The normalized spacial score (nSPS) is 52.8. The van der Waals surface area contributed by atoms with Gasteiger partial charge < -0.3 is 0 Å². The summed E-state index contributed by atoms with van der Waals surface area (Å²) in [5.74, 6) is 2.10. The first-order valence-corrected chi connectivity index (χ1v) is 5.60. The zero-order valence-corrected chi connectivity index (χ0v) is 8.00. The molecule has 0 aromatic rings. The van der Waals surface area contributed by atoms with E-state index in [9.17, 15) is 0 Å². The monoisotopic (exact) mass is 165 g/mol. The van der Waals surface area contributed by atoms with Crippen molar-refractivity contribution < 1.29 is 0 Å². The predicted octanol–water partition coefficient (Wildman–Crippen LogP) is 2.27. The zero-order valence-electron chi connectivity index (χ0n) is 8.00. The van der Waals surface area contributed by atoms with Crippen LogP contribution < -0.4 is 0 Å². The summed E-state index contributed by atoms with van der Waals surface area (Å²) in [5.41, 5.74) is 0. The van der Waals surface area contributed by atoms with Gasteiger partial charge in [0.05, 0.1) is 0 Å². The Morgan fingerprint density at radius 2 is 2.08 bits per heavy atom. The van der Waals surface area contributed by atoms with Gasteiger partial charge in [0.1, 0.15) is 0 Å². The number of hydrogen-bond donors (Lipinski definition) is 0. The van der Waals surface area contributed by atoms with Crippen LogP contribution in [-0.4, -0.2) is 23.5 Å². The lowest BCUT2D eigenvalue weighted by atomic mass is 9.99. The van der Waals surface area contributed by atoms with Gasteiger partial charge in [-0.2, -0.15) is 0 Å². The summed E-state index contributed by atoms with van der Waals surface area (Å²) in [7, 11) is 0. The van der Waals surface area contributed by atoms with E-state index < -0.39 is 0 Å². The first-order valence-electron chi connectivity index (χ1n) is 5.60. The van der Waals surface area contributed by atoms with Gasteiger partial charge in [-0.1, -0.05) is 6.92 Å². The molecule has 4 atom stereocenters. The van der Waals surface area contributed by atoms with Crippen LogP contribution in [0.3, 0.4) is 0 Å². The molecule has 2 aliphatic heterocycles. The van der Waals surface area contributed by atoms with Crippen molar-refractivity contribution in [3.05, 3.63) is 0 Å². The second-order valence-corrected chi connectivity index (χ2v) is 5.17. The van der Waals surface area contributed by atoms with Crippen LogP contribution in [0.25, 0.3) is 0 Å². The van der Waals surface area contributed by atoms with Crippen LogP contribution in [0.1, 0.15) is 39.0 Å². The Bertz CT molecular complexity index is 189. The van der Waals surface area contributed by atoms with Gasteiger partial charge in [-0.3, -0.25) is 4.90 Å². The summed E-state index contributed by atoms with van der Waals surface area (Å²) in [4.78, 5) is 2.83. The molecule has 0 N–H and O–H groups in total. The zero-order chi connectivity index (χ0) is 8.13. The van der Waals surface area contributed by atoms with E-state index in [2.05, 4.69) is 11.8 Å². The smallest absolute Gasteiger partial charge is 0.0130 e. The molecular formula is C11H19N. The summed E-state index contributed by atoms with van der Waals surface area (Å²) in [6.07, 6.45) is 7.54. The molecule has 0 spiro atoms. The van der Waals surface area contributed by atoms with Gasteiger partial charge in [-0.05, 0) is 50.5 Å². The highest BCUT2D eigenvalue weighted by molar-refractivity contribution is 5.01. The van der Waals surface area contributed by atoms with E-state index in [1.54, 1.807) is 0 Å². The Kier molecular flexibility index (Phi) is 1.52. The molecule has 3 aliphatic rings. The van der Waals surface area contributed by atoms with Gasteiger partial charge >= 0.3 is 0 Å². The number of hydrogen-bond acceptors (Lipinski definition) is 1. The van der Waals surface area contributed by atoms with E-state index in [-0.39, 0.29) is 0 Å². The Labute approximate surface area is 75.1 Å². The van der Waals surface area contributed by atoms with Crippen LogP contribution in [0.2, 0.25) is 0 Å². The fourth-order valence-electron chi connectivity index (χ4n) is 3.93. The molecule has 12 heavy (non-hydrogen) atoms. The fraction of sp³-hybridized carbons (Fsp3) is 1.00. The summed E-state index contributed by atoms with van der Waals surface area (Å²) < 4.78 is 0. The molecule has 0 amide bonds. The molecule has 0 aromatic heterocycles. The van der Waals surface area contributed by atoms with Crippen LogP contribution in [0.15, 0.2) is 0 Å². The molecule has 0 radical (unpaired) electrons. The molecule has 0 bridgehead atoms. The van der Waals surface area contributed by atoms with Crippen LogP contribution >= 0.6 is 0 Å². The molecule has 0 aromatic carbocycles. The maximum Gasteiger partial charge on any atom is 0.0130 e. The molecule has 3 fully saturated rings. The van der Waals surface area contributed by atoms with E-state index in [1.807, 2.05) is 0 Å². The minimum absolute atomic E-state index is 1.01. The average Bonchev–Trinajstić information content (AvgIpc) is 2.59. The summed E-state index contributed by atoms with van der Waals surface area (Å²) >= 11 is 0. The second kappa shape index (κ2) is 2.47. The van der Waals surface area contributed by atoms with Gasteiger partial charge in [-0.15, -0.1) is 0 Å². The Morgan fingerprint density at radius 3 is 3.00 bits per heavy atom. The van der Waals surface area contributed by atoms with Gasteiger partial charge in [0.2, 0.25) is 0 Å². The Morgan fingerprint density at radius 1 is 1.17 bits per heavy atom. The second-order valence-electron chi connectivity index (χ2n) is 5.17. The average molecular weight is 165 g/mol. The maximum atomic E-state index is 2.83. The van der Waals surface area contributed by atoms with Crippen LogP contribution in [-0.2, 0) is 0 Å². The lowest BCUT2D eigenvalue weighted by Gasteiger charge is -2.22. The third-order valence-corrected chi connectivity index (χ3v) is 4.32. The van der Waals surface area contributed by atoms with Crippen LogP contribution in [0.4, 0.5) is 0 Å². The van der Waals surface area contributed by atoms with Gasteiger partial charge in [-0.25, -0.2) is 0 Å². The molecule has 1 saturated carbocycles. The topological polar surface area (TPSA) is 3.24 Å². The largest absolute Gasteiger partial charge is 0.297 e. The quantitative estimate of drug-likeness (QED) is 0.532. The van der Waals surface area contributed by atoms with Gasteiger partial charge in [0.25, 0.3) is 0 Å². The molecule has 68 valence electrons. The standard InChI is InChI=1S/C11H19N/c1-8-5-9-7-10-3-2-4-12(10)11(9)6-8/h8-11H,2-7H2,1H3/t8-,9-,10-,11+/m1/s1. The number of fused-ring (bicyclic) bond motifs is 3. The van der Waals surface area contributed by atoms with Crippen molar-refractivity contribution in [1.82, 2.24) is 4.90 Å². The van der Waals surface area contributed by atoms with Crippen molar-refractivity contribution in [2.45, 2.75) is 51.1 Å². The molecular weight excluding hydrogens is 146 g/mol. The van der Waals surface area contributed by atoms with Crippen LogP contribution in [0.5, 0.6) is 0 Å². The maximum absolute atomic E-state index is 2.83. The molecule has 1 nitrogen and oxygen atoms in total. The molecule has 2 heterocycles. The summed E-state index contributed by atoms with van der Waals surface area (Å²) in [6.45, 7) is 3.85. The first kappa shape index (κ1) is 7.37. The van der Waals surface area contributed by atoms with Crippen molar-refractivity contribution in [2.24, 2.45) is 11.8 Å². The SMILES string of the molecule is C[C@@H]1C[C@@H]2C[C@H]3CCCN3[C@H]2C1. The van der Waals surface area contributed by atoms with Gasteiger partial charge in [0, 0.05) is 12.1 Å². The molecule has 1 heteroatoms. The van der Waals surface area contributed by atoms with E-state index in [4.69, 9.17) is 0 Å². The van der Waals surface area contributed by atoms with Crippen molar-refractivity contribution in [2.75, 3.05) is 6.54 Å².